The molecule has 0 saturated carbocycles. The van der Waals surface area contributed by atoms with Gasteiger partial charge in [-0.3, -0.25) is 4.79 Å². The van der Waals surface area contributed by atoms with E-state index in [1.54, 1.807) is 18.2 Å². The lowest BCUT2D eigenvalue weighted by Crippen LogP contribution is -2.19. The Hall–Kier alpha value is -2.34. The number of benzene rings is 2. The maximum atomic E-state index is 12.1. The molecule has 1 aliphatic rings. The zero-order chi connectivity index (χ0) is 15.5. The summed E-state index contributed by atoms with van der Waals surface area (Å²) in [6.07, 6.45) is 0. The van der Waals surface area contributed by atoms with E-state index in [4.69, 9.17) is 9.47 Å². The van der Waals surface area contributed by atoms with Gasteiger partial charge < -0.3 is 9.47 Å². The molecule has 1 aliphatic heterocycles. The van der Waals surface area contributed by atoms with Crippen LogP contribution in [0, 0.1) is 0 Å². The molecule has 0 spiro atoms. The summed E-state index contributed by atoms with van der Waals surface area (Å²) in [7, 11) is 0. The van der Waals surface area contributed by atoms with Crippen molar-refractivity contribution < 1.29 is 14.3 Å². The van der Waals surface area contributed by atoms with E-state index in [0.717, 1.165) is 15.7 Å². The van der Waals surface area contributed by atoms with Crippen LogP contribution in [0.25, 0.3) is 0 Å². The first-order valence-corrected chi connectivity index (χ1v) is 7.43. The molecule has 0 fully saturated rings. The zero-order valence-corrected chi connectivity index (χ0v) is 13.4. The summed E-state index contributed by atoms with van der Waals surface area (Å²) in [5.41, 5.74) is 4.68. The van der Waals surface area contributed by atoms with E-state index in [2.05, 4.69) is 26.5 Å². The Kier molecular flexibility index (Phi) is 4.11. The summed E-state index contributed by atoms with van der Waals surface area (Å²) in [5, 5.41) is 4.12. The number of ether oxygens (including phenoxy) is 2. The van der Waals surface area contributed by atoms with Crippen molar-refractivity contribution in [2.75, 3.05) is 6.79 Å². The second-order valence-electron chi connectivity index (χ2n) is 4.71. The van der Waals surface area contributed by atoms with Crippen LogP contribution in [0.2, 0.25) is 0 Å². The SMILES string of the molecule is CC(=NNC(=O)c1ccc2c(c1)OCO2)c1ccc(Br)cc1. The van der Waals surface area contributed by atoms with Gasteiger partial charge in [-0.25, -0.2) is 5.43 Å². The highest BCUT2D eigenvalue weighted by Crippen LogP contribution is 2.32. The maximum Gasteiger partial charge on any atom is 0.271 e. The number of carbonyl (C=O) groups is 1. The molecule has 3 rings (SSSR count). The van der Waals surface area contributed by atoms with Gasteiger partial charge >= 0.3 is 0 Å². The van der Waals surface area contributed by atoms with Crippen LogP contribution in [0.3, 0.4) is 0 Å². The van der Waals surface area contributed by atoms with Crippen LogP contribution in [0.4, 0.5) is 0 Å². The average Bonchev–Trinajstić information content (AvgIpc) is 3.00. The van der Waals surface area contributed by atoms with Gasteiger partial charge in [0, 0.05) is 10.0 Å². The number of rotatable bonds is 3. The van der Waals surface area contributed by atoms with Crippen molar-refractivity contribution in [3.8, 4) is 11.5 Å². The predicted octanol–water partition coefficient (Wildman–Crippen LogP) is 3.33. The summed E-state index contributed by atoms with van der Waals surface area (Å²) in [6, 6.07) is 12.7. The molecule has 0 bridgehead atoms. The molecule has 2 aromatic carbocycles. The Labute approximate surface area is 136 Å². The Morgan fingerprint density at radius 1 is 1.09 bits per heavy atom. The molecule has 6 heteroatoms. The van der Waals surface area contributed by atoms with Crippen molar-refractivity contribution in [3.63, 3.8) is 0 Å². The molecule has 2 aromatic rings. The highest BCUT2D eigenvalue weighted by Gasteiger charge is 2.16. The average molecular weight is 361 g/mol. The molecule has 0 unspecified atom stereocenters. The lowest BCUT2D eigenvalue weighted by Gasteiger charge is -2.04. The number of halogens is 1. The monoisotopic (exact) mass is 360 g/mol. The molecule has 0 radical (unpaired) electrons. The molecule has 0 aromatic heterocycles. The Balaban J connectivity index is 1.71. The van der Waals surface area contributed by atoms with E-state index in [1.165, 1.54) is 0 Å². The molecule has 22 heavy (non-hydrogen) atoms. The van der Waals surface area contributed by atoms with Crippen LogP contribution in [0.5, 0.6) is 11.5 Å². The molecular formula is C16H13BrN2O3. The standard InChI is InChI=1S/C16H13BrN2O3/c1-10(11-2-5-13(17)6-3-11)18-19-16(20)12-4-7-14-15(8-12)22-9-21-14/h2-8H,9H2,1H3,(H,19,20). The second-order valence-corrected chi connectivity index (χ2v) is 5.63. The van der Waals surface area contributed by atoms with E-state index in [0.29, 0.717) is 17.1 Å². The van der Waals surface area contributed by atoms with Gasteiger partial charge in [0.2, 0.25) is 6.79 Å². The zero-order valence-electron chi connectivity index (χ0n) is 11.8. The molecule has 1 heterocycles. The lowest BCUT2D eigenvalue weighted by atomic mass is 10.1. The number of nitrogens with zero attached hydrogens (tertiary/aromatic N) is 1. The lowest BCUT2D eigenvalue weighted by molar-refractivity contribution is 0.0954. The molecule has 1 amide bonds. The van der Waals surface area contributed by atoms with Crippen LogP contribution in [0.1, 0.15) is 22.8 Å². The van der Waals surface area contributed by atoms with Crippen molar-refractivity contribution >= 4 is 27.5 Å². The fourth-order valence-corrected chi connectivity index (χ4v) is 2.26. The topological polar surface area (TPSA) is 59.9 Å². The normalized spacial score (nSPS) is 13.1. The minimum absolute atomic E-state index is 0.182. The van der Waals surface area contributed by atoms with Gasteiger partial charge in [-0.2, -0.15) is 5.10 Å². The van der Waals surface area contributed by atoms with E-state index in [9.17, 15) is 4.79 Å². The first-order chi connectivity index (χ1) is 10.6. The van der Waals surface area contributed by atoms with Gasteiger partial charge in [-0.05, 0) is 42.8 Å². The summed E-state index contributed by atoms with van der Waals surface area (Å²) in [5.74, 6) is 0.919. The summed E-state index contributed by atoms with van der Waals surface area (Å²) in [6.45, 7) is 2.02. The van der Waals surface area contributed by atoms with Crippen LogP contribution in [-0.4, -0.2) is 18.4 Å². The Bertz CT molecular complexity index is 742. The second kappa shape index (κ2) is 6.19. The van der Waals surface area contributed by atoms with Crippen LogP contribution in [0.15, 0.2) is 52.0 Å². The van der Waals surface area contributed by atoms with Crippen LogP contribution < -0.4 is 14.9 Å². The number of fused-ring (bicyclic) bond motifs is 1. The third kappa shape index (κ3) is 3.12. The van der Waals surface area contributed by atoms with Crippen LogP contribution in [-0.2, 0) is 0 Å². The number of hydrazone groups is 1. The van der Waals surface area contributed by atoms with Crippen molar-refractivity contribution in [3.05, 3.63) is 58.1 Å². The Morgan fingerprint density at radius 3 is 2.55 bits per heavy atom. The van der Waals surface area contributed by atoms with Gasteiger partial charge in [0.05, 0.1) is 5.71 Å². The number of nitrogens with one attached hydrogen (secondary N) is 1. The molecule has 0 aliphatic carbocycles. The highest BCUT2D eigenvalue weighted by molar-refractivity contribution is 9.10. The van der Waals surface area contributed by atoms with Crippen molar-refractivity contribution in [1.29, 1.82) is 0 Å². The van der Waals surface area contributed by atoms with Crippen molar-refractivity contribution in [2.45, 2.75) is 6.92 Å². The van der Waals surface area contributed by atoms with Gasteiger partial charge in [0.1, 0.15) is 0 Å². The van der Waals surface area contributed by atoms with E-state index in [-0.39, 0.29) is 12.7 Å². The minimum Gasteiger partial charge on any atom is -0.454 e. The summed E-state index contributed by atoms with van der Waals surface area (Å²) in [4.78, 5) is 12.1. The molecule has 5 nitrogen and oxygen atoms in total. The van der Waals surface area contributed by atoms with E-state index in [1.807, 2.05) is 31.2 Å². The first-order valence-electron chi connectivity index (χ1n) is 6.64. The van der Waals surface area contributed by atoms with Crippen LogP contribution >= 0.6 is 15.9 Å². The van der Waals surface area contributed by atoms with E-state index < -0.39 is 0 Å². The van der Waals surface area contributed by atoms with Gasteiger partial charge in [0.15, 0.2) is 11.5 Å². The first kappa shape index (κ1) is 14.6. The highest BCUT2D eigenvalue weighted by atomic mass is 79.9. The third-order valence-electron chi connectivity index (χ3n) is 3.22. The fourth-order valence-electron chi connectivity index (χ4n) is 1.99. The Morgan fingerprint density at radius 2 is 1.77 bits per heavy atom. The summed E-state index contributed by atoms with van der Waals surface area (Å²) >= 11 is 3.38. The minimum atomic E-state index is -0.297. The number of carbonyl (C=O) groups excluding carboxylic acids is 1. The fraction of sp³-hybridized carbons (Fsp3) is 0.125. The van der Waals surface area contributed by atoms with Gasteiger partial charge in [0.25, 0.3) is 5.91 Å². The van der Waals surface area contributed by atoms with Gasteiger partial charge in [-0.15, -0.1) is 0 Å². The largest absolute Gasteiger partial charge is 0.454 e. The molecule has 1 N–H and O–H groups in total. The van der Waals surface area contributed by atoms with Crippen molar-refractivity contribution in [2.24, 2.45) is 5.10 Å². The maximum absolute atomic E-state index is 12.1. The predicted molar refractivity (Wildman–Crippen MR) is 86.4 cm³/mol. The number of hydrogen-bond acceptors (Lipinski definition) is 4. The number of hydrogen-bond donors (Lipinski definition) is 1. The van der Waals surface area contributed by atoms with Crippen molar-refractivity contribution in [1.82, 2.24) is 5.43 Å². The summed E-state index contributed by atoms with van der Waals surface area (Å²) < 4.78 is 11.5. The number of amides is 1. The molecule has 112 valence electrons. The van der Waals surface area contributed by atoms with Gasteiger partial charge in [-0.1, -0.05) is 28.1 Å². The quantitative estimate of drug-likeness (QED) is 0.674. The third-order valence-corrected chi connectivity index (χ3v) is 3.75. The smallest absolute Gasteiger partial charge is 0.271 e. The molecule has 0 atom stereocenters. The van der Waals surface area contributed by atoms with E-state index >= 15 is 0 Å². The molecule has 0 saturated heterocycles. The molecular weight excluding hydrogens is 348 g/mol.